The van der Waals surface area contributed by atoms with Gasteiger partial charge in [-0.05, 0) is 37.1 Å². The molecule has 0 radical (unpaired) electrons. The van der Waals surface area contributed by atoms with Crippen molar-refractivity contribution in [3.05, 3.63) is 16.8 Å². The van der Waals surface area contributed by atoms with E-state index in [0.29, 0.717) is 19.0 Å². The zero-order chi connectivity index (χ0) is 17.1. The lowest BCUT2D eigenvalue weighted by Gasteiger charge is -2.26. The standard InChI is InChI=1S/C16H22N4O2S2/c1-10-9-23-14-13(10)17-15(11-4-5-11)18-16(14)19(2)12-6-7-20(8-12)24(3,21)22/h9,11-12H,4-8H2,1-3H3. The van der Waals surface area contributed by atoms with E-state index in [1.807, 2.05) is 7.05 Å². The van der Waals surface area contributed by atoms with E-state index < -0.39 is 10.0 Å². The number of sulfonamides is 1. The lowest BCUT2D eigenvalue weighted by atomic mass is 10.2. The van der Waals surface area contributed by atoms with Crippen LogP contribution in [0, 0.1) is 6.92 Å². The third-order valence-corrected chi connectivity index (χ3v) is 7.36. The van der Waals surface area contributed by atoms with Crippen LogP contribution in [-0.4, -0.2) is 55.1 Å². The first-order valence-electron chi connectivity index (χ1n) is 8.28. The Bertz CT molecular complexity index is 889. The number of fused-ring (bicyclic) bond motifs is 1. The Balaban J connectivity index is 1.70. The number of hydrogen-bond acceptors (Lipinski definition) is 6. The zero-order valence-electron chi connectivity index (χ0n) is 14.2. The van der Waals surface area contributed by atoms with Gasteiger partial charge in [0.15, 0.2) is 0 Å². The molecule has 1 aliphatic carbocycles. The molecule has 0 spiro atoms. The van der Waals surface area contributed by atoms with Gasteiger partial charge in [0.25, 0.3) is 0 Å². The predicted octanol–water partition coefficient (Wildman–Crippen LogP) is 2.35. The minimum Gasteiger partial charge on any atom is -0.354 e. The molecule has 0 N–H and O–H groups in total. The molecule has 1 saturated heterocycles. The minimum atomic E-state index is -3.12. The summed E-state index contributed by atoms with van der Waals surface area (Å²) in [5, 5.41) is 2.13. The lowest BCUT2D eigenvalue weighted by Crippen LogP contribution is -2.36. The van der Waals surface area contributed by atoms with Crippen LogP contribution in [0.15, 0.2) is 5.38 Å². The predicted molar refractivity (Wildman–Crippen MR) is 97.4 cm³/mol. The van der Waals surface area contributed by atoms with Crippen LogP contribution in [0.5, 0.6) is 0 Å². The van der Waals surface area contributed by atoms with E-state index in [-0.39, 0.29) is 6.04 Å². The van der Waals surface area contributed by atoms with E-state index in [4.69, 9.17) is 9.97 Å². The first-order valence-corrected chi connectivity index (χ1v) is 11.0. The number of anilines is 1. The van der Waals surface area contributed by atoms with E-state index in [9.17, 15) is 8.42 Å². The summed E-state index contributed by atoms with van der Waals surface area (Å²) < 4.78 is 26.3. The Morgan fingerprint density at radius 1 is 1.29 bits per heavy atom. The molecule has 3 heterocycles. The van der Waals surface area contributed by atoms with Crippen LogP contribution < -0.4 is 4.90 Å². The van der Waals surface area contributed by atoms with Crippen molar-refractivity contribution in [2.45, 2.75) is 38.1 Å². The van der Waals surface area contributed by atoms with Crippen LogP contribution in [0.25, 0.3) is 10.2 Å². The number of nitrogens with zero attached hydrogens (tertiary/aromatic N) is 4. The molecule has 2 aromatic heterocycles. The van der Waals surface area contributed by atoms with E-state index in [0.717, 1.165) is 28.3 Å². The molecule has 6 nitrogen and oxygen atoms in total. The first kappa shape index (κ1) is 16.2. The highest BCUT2D eigenvalue weighted by atomic mass is 32.2. The van der Waals surface area contributed by atoms with Gasteiger partial charge in [-0.1, -0.05) is 0 Å². The van der Waals surface area contributed by atoms with Crippen molar-refractivity contribution < 1.29 is 8.42 Å². The van der Waals surface area contributed by atoms with Gasteiger partial charge in [-0.15, -0.1) is 11.3 Å². The summed E-state index contributed by atoms with van der Waals surface area (Å²) in [5.74, 6) is 2.40. The Labute approximate surface area is 146 Å². The third kappa shape index (κ3) is 2.80. The maximum atomic E-state index is 11.8. The SMILES string of the molecule is Cc1csc2c(N(C)C3CCN(S(C)(=O)=O)C3)nc(C3CC3)nc12. The molecule has 8 heteroatoms. The van der Waals surface area contributed by atoms with Crippen LogP contribution >= 0.6 is 11.3 Å². The van der Waals surface area contributed by atoms with Crippen molar-refractivity contribution in [1.82, 2.24) is 14.3 Å². The van der Waals surface area contributed by atoms with Gasteiger partial charge in [-0.2, -0.15) is 0 Å². The smallest absolute Gasteiger partial charge is 0.211 e. The van der Waals surface area contributed by atoms with Crippen LogP contribution in [-0.2, 0) is 10.0 Å². The molecule has 1 unspecified atom stereocenters. The largest absolute Gasteiger partial charge is 0.354 e. The Hall–Kier alpha value is -1.25. The second-order valence-corrected chi connectivity index (χ2v) is 9.81. The van der Waals surface area contributed by atoms with Crippen molar-refractivity contribution >= 4 is 37.4 Å². The van der Waals surface area contributed by atoms with E-state index in [1.54, 1.807) is 15.6 Å². The number of likely N-dealkylation sites (N-methyl/N-ethyl adjacent to an activating group) is 1. The molecular weight excluding hydrogens is 344 g/mol. The van der Waals surface area contributed by atoms with Crippen LogP contribution in [0.2, 0.25) is 0 Å². The van der Waals surface area contributed by atoms with Gasteiger partial charge in [0.1, 0.15) is 11.6 Å². The molecule has 24 heavy (non-hydrogen) atoms. The summed E-state index contributed by atoms with van der Waals surface area (Å²) in [6.07, 6.45) is 4.45. The number of thiophene rings is 1. The summed E-state index contributed by atoms with van der Waals surface area (Å²) in [6, 6.07) is 0.160. The van der Waals surface area contributed by atoms with Crippen LogP contribution in [0.1, 0.15) is 36.6 Å². The molecule has 2 aliphatic rings. The summed E-state index contributed by atoms with van der Waals surface area (Å²) in [7, 11) is -1.09. The van der Waals surface area contributed by atoms with E-state index in [1.165, 1.54) is 24.7 Å². The Morgan fingerprint density at radius 2 is 2.04 bits per heavy atom. The highest BCUT2D eigenvalue weighted by molar-refractivity contribution is 7.88. The normalized spacial score (nSPS) is 22.4. The van der Waals surface area contributed by atoms with Crippen molar-refractivity contribution in [1.29, 1.82) is 0 Å². The quantitative estimate of drug-likeness (QED) is 0.831. The maximum Gasteiger partial charge on any atom is 0.211 e. The second-order valence-electron chi connectivity index (χ2n) is 6.95. The zero-order valence-corrected chi connectivity index (χ0v) is 15.8. The van der Waals surface area contributed by atoms with Gasteiger partial charge in [-0.3, -0.25) is 0 Å². The number of aromatic nitrogens is 2. The fourth-order valence-electron chi connectivity index (χ4n) is 3.30. The first-order chi connectivity index (χ1) is 11.3. The highest BCUT2D eigenvalue weighted by Gasteiger charge is 2.34. The Morgan fingerprint density at radius 3 is 2.67 bits per heavy atom. The van der Waals surface area contributed by atoms with Gasteiger partial charge in [0, 0.05) is 32.1 Å². The fourth-order valence-corrected chi connectivity index (χ4v) is 5.20. The summed E-state index contributed by atoms with van der Waals surface area (Å²) in [5.41, 5.74) is 2.25. The topological polar surface area (TPSA) is 66.4 Å². The number of rotatable bonds is 4. The third-order valence-electron chi connectivity index (χ3n) is 5.01. The van der Waals surface area contributed by atoms with Crippen LogP contribution in [0.4, 0.5) is 5.82 Å². The molecule has 130 valence electrons. The molecule has 2 fully saturated rings. The molecular formula is C16H22N4O2S2. The maximum absolute atomic E-state index is 11.8. The molecule has 2 aromatic rings. The average molecular weight is 367 g/mol. The minimum absolute atomic E-state index is 0.160. The Kier molecular flexibility index (Phi) is 3.81. The lowest BCUT2D eigenvalue weighted by molar-refractivity contribution is 0.476. The molecule has 0 bridgehead atoms. The fraction of sp³-hybridized carbons (Fsp3) is 0.625. The van der Waals surface area contributed by atoms with Gasteiger partial charge < -0.3 is 4.90 Å². The van der Waals surface area contributed by atoms with Gasteiger partial charge in [0.2, 0.25) is 10.0 Å². The van der Waals surface area contributed by atoms with Gasteiger partial charge in [-0.25, -0.2) is 22.7 Å². The van der Waals surface area contributed by atoms with Crippen LogP contribution in [0.3, 0.4) is 0 Å². The average Bonchev–Trinajstić information content (AvgIpc) is 3.13. The van der Waals surface area contributed by atoms with Crippen molar-refractivity contribution in [3.63, 3.8) is 0 Å². The highest BCUT2D eigenvalue weighted by Crippen LogP contribution is 2.41. The second kappa shape index (κ2) is 5.64. The molecule has 0 aromatic carbocycles. The summed E-state index contributed by atoms with van der Waals surface area (Å²) in [6.45, 7) is 3.21. The van der Waals surface area contributed by atoms with E-state index >= 15 is 0 Å². The molecule has 4 rings (SSSR count). The number of hydrogen-bond donors (Lipinski definition) is 0. The molecule has 1 saturated carbocycles. The van der Waals surface area contributed by atoms with Crippen molar-refractivity contribution in [2.75, 3.05) is 31.3 Å². The van der Waals surface area contributed by atoms with Crippen molar-refractivity contribution in [2.24, 2.45) is 0 Å². The van der Waals surface area contributed by atoms with Gasteiger partial charge >= 0.3 is 0 Å². The van der Waals surface area contributed by atoms with Gasteiger partial charge in [0.05, 0.1) is 16.5 Å². The number of aryl methyl sites for hydroxylation is 1. The van der Waals surface area contributed by atoms with E-state index in [2.05, 4.69) is 17.2 Å². The molecule has 0 amide bonds. The molecule has 1 aliphatic heterocycles. The molecule has 1 atom stereocenters. The monoisotopic (exact) mass is 366 g/mol. The van der Waals surface area contributed by atoms with Crippen molar-refractivity contribution in [3.8, 4) is 0 Å². The summed E-state index contributed by atoms with van der Waals surface area (Å²) in [4.78, 5) is 11.8. The summed E-state index contributed by atoms with van der Waals surface area (Å²) >= 11 is 1.68.